The van der Waals surface area contributed by atoms with Gasteiger partial charge in [-0.15, -0.1) is 0 Å². The molecular formula is C17H26N2O. The van der Waals surface area contributed by atoms with Gasteiger partial charge in [-0.3, -0.25) is 4.90 Å². The Labute approximate surface area is 122 Å². The molecule has 1 aromatic carbocycles. The normalized spacial score (nSPS) is 26.4. The predicted molar refractivity (Wildman–Crippen MR) is 83.6 cm³/mol. The predicted octanol–water partition coefficient (Wildman–Crippen LogP) is 3.30. The molecule has 1 saturated heterocycles. The molecule has 20 heavy (non-hydrogen) atoms. The molecule has 2 aliphatic rings. The fourth-order valence-electron chi connectivity index (χ4n) is 3.39. The van der Waals surface area contributed by atoms with E-state index in [1.54, 1.807) is 0 Å². The molecule has 110 valence electrons. The van der Waals surface area contributed by atoms with E-state index in [0.717, 1.165) is 31.7 Å². The summed E-state index contributed by atoms with van der Waals surface area (Å²) in [5, 5.41) is 3.43. The van der Waals surface area contributed by atoms with E-state index in [2.05, 4.69) is 49.2 Å². The summed E-state index contributed by atoms with van der Waals surface area (Å²) < 4.78 is 6.37. The summed E-state index contributed by atoms with van der Waals surface area (Å²) in [6.07, 6.45) is 3.49. The highest BCUT2D eigenvalue weighted by Gasteiger charge is 2.34. The summed E-state index contributed by atoms with van der Waals surface area (Å²) in [5.41, 5.74) is 2.60. The van der Waals surface area contributed by atoms with Crippen LogP contribution in [0.4, 0.5) is 5.69 Å². The molecule has 0 bridgehead atoms. The third kappa shape index (κ3) is 2.78. The Morgan fingerprint density at radius 3 is 3.00 bits per heavy atom. The Bertz CT molecular complexity index is 486. The number of ether oxygens (including phenoxy) is 1. The quantitative estimate of drug-likeness (QED) is 0.915. The van der Waals surface area contributed by atoms with Gasteiger partial charge in [-0.05, 0) is 58.2 Å². The Morgan fingerprint density at radius 1 is 1.35 bits per heavy atom. The number of nitrogens with zero attached hydrogens (tertiary/aromatic N) is 1. The van der Waals surface area contributed by atoms with Crippen LogP contribution in [0.25, 0.3) is 0 Å². The first-order valence-corrected chi connectivity index (χ1v) is 7.86. The van der Waals surface area contributed by atoms with Crippen molar-refractivity contribution in [2.45, 2.75) is 51.7 Å². The maximum atomic E-state index is 6.37. The molecule has 3 heteroatoms. The molecule has 1 aromatic rings. The zero-order valence-electron chi connectivity index (χ0n) is 12.9. The van der Waals surface area contributed by atoms with Crippen LogP contribution in [0.2, 0.25) is 0 Å². The van der Waals surface area contributed by atoms with Crippen molar-refractivity contribution in [3.05, 3.63) is 23.8 Å². The second kappa shape index (κ2) is 5.28. The van der Waals surface area contributed by atoms with Crippen LogP contribution < -0.4 is 10.1 Å². The molecule has 0 saturated carbocycles. The first-order chi connectivity index (χ1) is 9.56. The number of hydrogen-bond acceptors (Lipinski definition) is 3. The lowest BCUT2D eigenvalue weighted by Gasteiger charge is -2.42. The first kappa shape index (κ1) is 13.7. The average Bonchev–Trinajstić information content (AvgIpc) is 2.85. The molecule has 1 atom stereocenters. The molecule has 2 heterocycles. The number of nitrogens with one attached hydrogen (secondary N) is 1. The SMILES string of the molecule is CC(C)N1CCCC(C)(Oc2ccc3c(c2)NCC3)C1. The van der Waals surface area contributed by atoms with Gasteiger partial charge in [0.1, 0.15) is 11.4 Å². The molecule has 1 unspecified atom stereocenters. The number of fused-ring (bicyclic) bond motifs is 1. The van der Waals surface area contributed by atoms with Crippen LogP contribution >= 0.6 is 0 Å². The summed E-state index contributed by atoms with van der Waals surface area (Å²) in [7, 11) is 0. The smallest absolute Gasteiger partial charge is 0.122 e. The number of likely N-dealkylation sites (tertiary alicyclic amines) is 1. The second-order valence-corrected chi connectivity index (χ2v) is 6.72. The summed E-state index contributed by atoms with van der Waals surface area (Å²) in [5.74, 6) is 1.01. The number of benzene rings is 1. The van der Waals surface area contributed by atoms with Crippen LogP contribution in [-0.4, -0.2) is 36.2 Å². The molecule has 3 nitrogen and oxygen atoms in total. The van der Waals surface area contributed by atoms with Gasteiger partial charge in [0.2, 0.25) is 0 Å². The fourth-order valence-corrected chi connectivity index (χ4v) is 3.39. The monoisotopic (exact) mass is 274 g/mol. The third-order valence-electron chi connectivity index (χ3n) is 4.57. The minimum absolute atomic E-state index is 0.0602. The largest absolute Gasteiger partial charge is 0.486 e. The number of hydrogen-bond donors (Lipinski definition) is 1. The van der Waals surface area contributed by atoms with E-state index < -0.39 is 0 Å². The highest BCUT2D eigenvalue weighted by atomic mass is 16.5. The molecule has 0 aliphatic carbocycles. The van der Waals surface area contributed by atoms with Crippen molar-refractivity contribution in [2.75, 3.05) is 25.0 Å². The highest BCUT2D eigenvalue weighted by molar-refractivity contribution is 5.58. The molecule has 0 radical (unpaired) electrons. The minimum atomic E-state index is -0.0602. The molecule has 0 aromatic heterocycles. The maximum absolute atomic E-state index is 6.37. The van der Waals surface area contributed by atoms with Gasteiger partial charge in [0.25, 0.3) is 0 Å². The van der Waals surface area contributed by atoms with Crippen LogP contribution in [0.3, 0.4) is 0 Å². The van der Waals surface area contributed by atoms with E-state index in [1.165, 1.54) is 24.2 Å². The maximum Gasteiger partial charge on any atom is 0.122 e. The summed E-state index contributed by atoms with van der Waals surface area (Å²) in [6.45, 7) is 10.1. The van der Waals surface area contributed by atoms with Gasteiger partial charge in [-0.2, -0.15) is 0 Å². The zero-order chi connectivity index (χ0) is 14.2. The van der Waals surface area contributed by atoms with E-state index >= 15 is 0 Å². The van der Waals surface area contributed by atoms with E-state index in [1.807, 2.05) is 0 Å². The molecule has 0 spiro atoms. The molecule has 0 amide bonds. The van der Waals surface area contributed by atoms with Gasteiger partial charge in [0, 0.05) is 30.9 Å². The van der Waals surface area contributed by atoms with Gasteiger partial charge < -0.3 is 10.1 Å². The van der Waals surface area contributed by atoms with Crippen LogP contribution in [0.15, 0.2) is 18.2 Å². The second-order valence-electron chi connectivity index (χ2n) is 6.72. The number of anilines is 1. The van der Waals surface area contributed by atoms with E-state index in [-0.39, 0.29) is 5.60 Å². The van der Waals surface area contributed by atoms with E-state index in [9.17, 15) is 0 Å². The molecule has 1 N–H and O–H groups in total. The number of rotatable bonds is 3. The fraction of sp³-hybridized carbons (Fsp3) is 0.647. The topological polar surface area (TPSA) is 24.5 Å². The van der Waals surface area contributed by atoms with Crippen LogP contribution in [0.1, 0.15) is 39.2 Å². The van der Waals surface area contributed by atoms with Gasteiger partial charge in [0.15, 0.2) is 0 Å². The van der Waals surface area contributed by atoms with Crippen molar-refractivity contribution in [1.82, 2.24) is 4.90 Å². The Morgan fingerprint density at radius 2 is 2.20 bits per heavy atom. The van der Waals surface area contributed by atoms with Crippen molar-refractivity contribution in [3.8, 4) is 5.75 Å². The Hall–Kier alpha value is -1.22. The first-order valence-electron chi connectivity index (χ1n) is 7.86. The van der Waals surface area contributed by atoms with E-state index in [0.29, 0.717) is 6.04 Å². The van der Waals surface area contributed by atoms with Crippen molar-refractivity contribution in [1.29, 1.82) is 0 Å². The lowest BCUT2D eigenvalue weighted by atomic mass is 9.93. The molecule has 2 aliphatic heterocycles. The van der Waals surface area contributed by atoms with Crippen LogP contribution in [0, 0.1) is 0 Å². The Balaban J connectivity index is 1.72. The summed E-state index contributed by atoms with van der Waals surface area (Å²) in [6, 6.07) is 7.10. The lowest BCUT2D eigenvalue weighted by molar-refractivity contribution is -0.00524. The minimum Gasteiger partial charge on any atom is -0.486 e. The zero-order valence-corrected chi connectivity index (χ0v) is 12.9. The van der Waals surface area contributed by atoms with Crippen molar-refractivity contribution in [3.63, 3.8) is 0 Å². The standard InChI is InChI=1S/C17H26N2O/c1-13(2)19-10-4-8-17(3,12-19)20-15-6-5-14-7-9-18-16(14)11-15/h5-6,11,13,18H,4,7-10,12H2,1-3H3. The van der Waals surface area contributed by atoms with Crippen molar-refractivity contribution >= 4 is 5.69 Å². The van der Waals surface area contributed by atoms with E-state index in [4.69, 9.17) is 4.74 Å². The van der Waals surface area contributed by atoms with Gasteiger partial charge in [-0.25, -0.2) is 0 Å². The molecule has 1 fully saturated rings. The van der Waals surface area contributed by atoms with Gasteiger partial charge in [-0.1, -0.05) is 6.07 Å². The number of piperidine rings is 1. The lowest BCUT2D eigenvalue weighted by Crippen LogP contribution is -2.51. The molecular weight excluding hydrogens is 248 g/mol. The van der Waals surface area contributed by atoms with Gasteiger partial charge >= 0.3 is 0 Å². The van der Waals surface area contributed by atoms with Gasteiger partial charge in [0.05, 0.1) is 0 Å². The van der Waals surface area contributed by atoms with Crippen LogP contribution in [-0.2, 0) is 6.42 Å². The average molecular weight is 274 g/mol. The Kier molecular flexibility index (Phi) is 3.63. The summed E-state index contributed by atoms with van der Waals surface area (Å²) in [4.78, 5) is 2.52. The van der Waals surface area contributed by atoms with Crippen molar-refractivity contribution in [2.24, 2.45) is 0 Å². The molecule has 3 rings (SSSR count). The summed E-state index contributed by atoms with van der Waals surface area (Å²) >= 11 is 0. The van der Waals surface area contributed by atoms with Crippen LogP contribution in [0.5, 0.6) is 5.75 Å². The van der Waals surface area contributed by atoms with Crippen molar-refractivity contribution < 1.29 is 4.74 Å². The third-order valence-corrected chi connectivity index (χ3v) is 4.57. The highest BCUT2D eigenvalue weighted by Crippen LogP contribution is 2.32.